The third-order valence-electron chi connectivity index (χ3n) is 5.78. The van der Waals surface area contributed by atoms with Crippen LogP contribution >= 0.6 is 0 Å². The summed E-state index contributed by atoms with van der Waals surface area (Å²) in [7, 11) is 2.14. The number of hydrogen-bond donors (Lipinski definition) is 2. The number of fused-ring (bicyclic) bond motifs is 1. The highest BCUT2D eigenvalue weighted by atomic mass is 16.5. The van der Waals surface area contributed by atoms with Crippen LogP contribution in [0.25, 0.3) is 10.9 Å². The predicted octanol–water partition coefficient (Wildman–Crippen LogP) is 4.20. The molecule has 0 spiro atoms. The first-order valence-electron chi connectivity index (χ1n) is 10.9. The Morgan fingerprint density at radius 3 is 2.88 bits per heavy atom. The zero-order valence-electron chi connectivity index (χ0n) is 18.7. The number of amides is 1. The molecule has 1 aliphatic heterocycles. The molecule has 168 valence electrons. The molecule has 0 radical (unpaired) electrons. The van der Waals surface area contributed by atoms with Gasteiger partial charge in [0.2, 0.25) is 5.91 Å². The predicted molar refractivity (Wildman–Crippen MR) is 132 cm³/mol. The summed E-state index contributed by atoms with van der Waals surface area (Å²) >= 11 is 0. The molecule has 1 aliphatic rings. The number of carbonyl (C=O) groups is 1. The van der Waals surface area contributed by atoms with Crippen molar-refractivity contribution in [3.8, 4) is 18.1 Å². The lowest BCUT2D eigenvalue weighted by Crippen LogP contribution is -2.32. The lowest BCUT2D eigenvalue weighted by Gasteiger charge is -2.29. The Hall–Kier alpha value is -3.89. The molecule has 2 aromatic carbocycles. The minimum Gasteiger partial charge on any atom is -0.491 e. The van der Waals surface area contributed by atoms with E-state index in [-0.39, 0.29) is 5.91 Å². The van der Waals surface area contributed by atoms with E-state index in [1.165, 1.54) is 12.4 Å². The van der Waals surface area contributed by atoms with Gasteiger partial charge in [0.05, 0.1) is 17.8 Å². The first kappa shape index (κ1) is 22.3. The van der Waals surface area contributed by atoms with Gasteiger partial charge >= 0.3 is 0 Å². The van der Waals surface area contributed by atoms with Gasteiger partial charge in [0.15, 0.2) is 0 Å². The van der Waals surface area contributed by atoms with Crippen molar-refractivity contribution in [3.05, 3.63) is 60.9 Å². The van der Waals surface area contributed by atoms with Crippen LogP contribution in [0, 0.1) is 18.3 Å². The molecule has 1 fully saturated rings. The number of hydrogen-bond acceptors (Lipinski definition) is 6. The van der Waals surface area contributed by atoms with Crippen LogP contribution in [0.1, 0.15) is 18.4 Å². The third kappa shape index (κ3) is 5.48. The molecule has 0 aliphatic carbocycles. The number of rotatable bonds is 7. The van der Waals surface area contributed by atoms with Gasteiger partial charge in [-0.15, -0.1) is 6.42 Å². The Bertz CT molecular complexity index is 1210. The van der Waals surface area contributed by atoms with Gasteiger partial charge in [0.25, 0.3) is 0 Å². The SMILES string of the molecule is C#Cc1cccc(Nc2ncnc3cc(OCC4CCN(C)CC4)c(NC(=O)C=C)cc23)c1. The number of ether oxygens (including phenoxy) is 1. The zero-order valence-corrected chi connectivity index (χ0v) is 18.7. The lowest BCUT2D eigenvalue weighted by atomic mass is 9.98. The van der Waals surface area contributed by atoms with E-state index in [4.69, 9.17) is 11.2 Å². The summed E-state index contributed by atoms with van der Waals surface area (Å²) < 4.78 is 6.18. The van der Waals surface area contributed by atoms with Crippen LogP contribution in [0.5, 0.6) is 5.75 Å². The van der Waals surface area contributed by atoms with Crippen LogP contribution in [0.2, 0.25) is 0 Å². The fourth-order valence-electron chi connectivity index (χ4n) is 3.84. The van der Waals surface area contributed by atoms with Crippen LogP contribution < -0.4 is 15.4 Å². The van der Waals surface area contributed by atoms with Crippen LogP contribution in [0.4, 0.5) is 17.2 Å². The van der Waals surface area contributed by atoms with E-state index in [0.717, 1.165) is 42.6 Å². The van der Waals surface area contributed by atoms with Crippen molar-refractivity contribution in [2.45, 2.75) is 12.8 Å². The van der Waals surface area contributed by atoms with E-state index in [9.17, 15) is 4.79 Å². The first-order valence-corrected chi connectivity index (χ1v) is 10.9. The summed E-state index contributed by atoms with van der Waals surface area (Å²) in [5, 5.41) is 6.90. The summed E-state index contributed by atoms with van der Waals surface area (Å²) in [5.41, 5.74) is 2.83. The molecule has 0 atom stereocenters. The maximum atomic E-state index is 12.1. The Morgan fingerprint density at radius 1 is 1.30 bits per heavy atom. The lowest BCUT2D eigenvalue weighted by molar-refractivity contribution is -0.111. The average molecular weight is 442 g/mol. The molecule has 1 amide bonds. The first-order chi connectivity index (χ1) is 16.1. The van der Waals surface area contributed by atoms with Crippen LogP contribution in [-0.4, -0.2) is 47.5 Å². The van der Waals surface area contributed by atoms with Gasteiger partial charge in [-0.3, -0.25) is 4.79 Å². The second-order valence-electron chi connectivity index (χ2n) is 8.19. The normalized spacial score (nSPS) is 14.4. The minimum atomic E-state index is -0.313. The molecule has 7 heteroatoms. The topological polar surface area (TPSA) is 79.4 Å². The summed E-state index contributed by atoms with van der Waals surface area (Å²) in [6.45, 7) is 6.27. The molecule has 1 saturated heterocycles. The quantitative estimate of drug-likeness (QED) is 0.423. The van der Waals surface area contributed by atoms with Gasteiger partial charge in [0.1, 0.15) is 17.9 Å². The summed E-state index contributed by atoms with van der Waals surface area (Å²) in [4.78, 5) is 23.3. The number of carbonyl (C=O) groups excluding carboxylic acids is 1. The fourth-order valence-corrected chi connectivity index (χ4v) is 3.84. The highest BCUT2D eigenvalue weighted by Crippen LogP contribution is 2.34. The van der Waals surface area contributed by atoms with Gasteiger partial charge in [-0.2, -0.15) is 0 Å². The van der Waals surface area contributed by atoms with Crippen molar-refractivity contribution in [2.24, 2.45) is 5.92 Å². The molecule has 2 heterocycles. The van der Waals surface area contributed by atoms with E-state index in [1.54, 1.807) is 0 Å². The van der Waals surface area contributed by atoms with Gasteiger partial charge < -0.3 is 20.3 Å². The number of nitrogens with one attached hydrogen (secondary N) is 2. The summed E-state index contributed by atoms with van der Waals surface area (Å²) in [5.74, 6) is 3.98. The molecular formula is C26H27N5O2. The highest BCUT2D eigenvalue weighted by Gasteiger charge is 2.19. The zero-order chi connectivity index (χ0) is 23.2. The van der Waals surface area contributed by atoms with E-state index < -0.39 is 0 Å². The molecule has 2 N–H and O–H groups in total. The van der Waals surface area contributed by atoms with Crippen LogP contribution in [0.15, 0.2) is 55.4 Å². The van der Waals surface area contributed by atoms with Crippen molar-refractivity contribution in [1.29, 1.82) is 0 Å². The number of likely N-dealkylation sites (tertiary alicyclic amines) is 1. The maximum Gasteiger partial charge on any atom is 0.247 e. The number of anilines is 3. The van der Waals surface area contributed by atoms with Gasteiger partial charge in [-0.05, 0) is 69.2 Å². The molecule has 7 nitrogen and oxygen atoms in total. The van der Waals surface area contributed by atoms with Crippen molar-refractivity contribution in [2.75, 3.05) is 37.4 Å². The largest absolute Gasteiger partial charge is 0.491 e. The van der Waals surface area contributed by atoms with Crippen molar-refractivity contribution < 1.29 is 9.53 Å². The van der Waals surface area contributed by atoms with E-state index in [0.29, 0.717) is 35.3 Å². The molecule has 3 aromatic rings. The second-order valence-corrected chi connectivity index (χ2v) is 8.19. The summed E-state index contributed by atoms with van der Waals surface area (Å²) in [6, 6.07) is 11.2. The number of aromatic nitrogens is 2. The number of benzene rings is 2. The highest BCUT2D eigenvalue weighted by molar-refractivity contribution is 6.03. The van der Waals surface area contributed by atoms with Crippen LogP contribution in [0.3, 0.4) is 0 Å². The van der Waals surface area contributed by atoms with Crippen LogP contribution in [-0.2, 0) is 4.79 Å². The molecule has 4 rings (SSSR count). The summed E-state index contributed by atoms with van der Waals surface area (Å²) in [6.07, 6.45) is 10.4. The van der Waals surface area contributed by atoms with Gasteiger partial charge in [-0.1, -0.05) is 18.6 Å². The molecule has 1 aromatic heterocycles. The number of terminal acetylenes is 1. The van der Waals surface area contributed by atoms with E-state index in [1.807, 2.05) is 36.4 Å². The van der Waals surface area contributed by atoms with Crippen molar-refractivity contribution >= 4 is 34.0 Å². The van der Waals surface area contributed by atoms with E-state index >= 15 is 0 Å². The molecule has 33 heavy (non-hydrogen) atoms. The number of nitrogens with zero attached hydrogens (tertiary/aromatic N) is 3. The smallest absolute Gasteiger partial charge is 0.247 e. The van der Waals surface area contributed by atoms with Crippen molar-refractivity contribution in [3.63, 3.8) is 0 Å². The van der Waals surface area contributed by atoms with Gasteiger partial charge in [-0.25, -0.2) is 9.97 Å². The minimum absolute atomic E-state index is 0.313. The number of piperidine rings is 1. The molecule has 0 saturated carbocycles. The Labute approximate surface area is 193 Å². The van der Waals surface area contributed by atoms with Gasteiger partial charge in [0, 0.05) is 22.7 Å². The standard InChI is InChI=1S/C26H27N5O2/c1-4-18-7-6-8-20(13-18)29-26-21-14-23(30-25(32)5-2)24(15-22(21)27-17-28-26)33-16-19-9-11-31(3)12-10-19/h1,5-8,13-15,17,19H,2,9-12,16H2,3H3,(H,30,32)(H,27,28,29). The van der Waals surface area contributed by atoms with E-state index in [2.05, 4.69) is 45.0 Å². The Morgan fingerprint density at radius 2 is 2.12 bits per heavy atom. The Balaban J connectivity index is 1.65. The Kier molecular flexibility index (Phi) is 6.86. The molecule has 0 bridgehead atoms. The molecule has 0 unspecified atom stereocenters. The average Bonchev–Trinajstić information content (AvgIpc) is 2.84. The van der Waals surface area contributed by atoms with Crippen molar-refractivity contribution in [1.82, 2.24) is 14.9 Å². The maximum absolute atomic E-state index is 12.1. The molecular weight excluding hydrogens is 414 g/mol. The second kappa shape index (κ2) is 10.2. The fraction of sp³-hybridized carbons (Fsp3) is 0.269. The third-order valence-corrected chi connectivity index (χ3v) is 5.78. The monoisotopic (exact) mass is 441 g/mol.